The lowest BCUT2D eigenvalue weighted by Crippen LogP contribution is -2.29. The molecule has 2 aromatic carbocycles. The number of hydrogen-bond acceptors (Lipinski definition) is 6. The number of aryl methyl sites for hydroxylation is 1. The van der Waals surface area contributed by atoms with E-state index in [9.17, 15) is 8.42 Å². The van der Waals surface area contributed by atoms with Crippen LogP contribution in [0.2, 0.25) is 0 Å². The summed E-state index contributed by atoms with van der Waals surface area (Å²) in [7, 11) is -1.89. The molecule has 0 bridgehead atoms. The van der Waals surface area contributed by atoms with Crippen LogP contribution in [0.1, 0.15) is 18.2 Å². The Morgan fingerprint density at radius 1 is 0.967 bits per heavy atom. The van der Waals surface area contributed by atoms with Crippen molar-refractivity contribution in [1.29, 1.82) is 0 Å². The Balaban J connectivity index is 1.53. The molecule has 0 aliphatic heterocycles. The predicted molar refractivity (Wildman–Crippen MR) is 116 cm³/mol. The number of aromatic nitrogens is 2. The summed E-state index contributed by atoms with van der Waals surface area (Å²) < 4.78 is 37.8. The SMILES string of the molecule is CCc1ccc(OCCS(=O)(=O)NCc2cc(-c3ccc(OC)cc3)ncn2)cc1. The average Bonchev–Trinajstić information content (AvgIpc) is 2.78. The van der Waals surface area contributed by atoms with Crippen LogP contribution in [-0.2, 0) is 23.0 Å². The maximum atomic E-state index is 12.3. The number of nitrogens with one attached hydrogen (secondary N) is 1. The lowest BCUT2D eigenvalue weighted by Gasteiger charge is -2.09. The van der Waals surface area contributed by atoms with E-state index in [4.69, 9.17) is 9.47 Å². The zero-order chi connectivity index (χ0) is 21.4. The smallest absolute Gasteiger partial charge is 0.215 e. The monoisotopic (exact) mass is 427 g/mol. The van der Waals surface area contributed by atoms with Crippen molar-refractivity contribution in [3.8, 4) is 22.8 Å². The fraction of sp³-hybridized carbons (Fsp3) is 0.273. The van der Waals surface area contributed by atoms with Gasteiger partial charge >= 0.3 is 0 Å². The highest BCUT2D eigenvalue weighted by atomic mass is 32.2. The molecule has 0 aliphatic carbocycles. The predicted octanol–water partition coefficient (Wildman–Crippen LogP) is 3.21. The minimum absolute atomic E-state index is 0.0711. The van der Waals surface area contributed by atoms with Gasteiger partial charge in [0.2, 0.25) is 10.0 Å². The first-order valence-corrected chi connectivity index (χ1v) is 11.3. The van der Waals surface area contributed by atoms with E-state index < -0.39 is 10.0 Å². The molecule has 1 aromatic heterocycles. The second-order valence-electron chi connectivity index (χ2n) is 6.61. The number of benzene rings is 2. The Bertz CT molecular complexity index is 1050. The van der Waals surface area contributed by atoms with Crippen molar-refractivity contribution in [1.82, 2.24) is 14.7 Å². The van der Waals surface area contributed by atoms with E-state index >= 15 is 0 Å². The molecule has 0 spiro atoms. The third-order valence-electron chi connectivity index (χ3n) is 4.54. The fourth-order valence-corrected chi connectivity index (χ4v) is 3.58. The number of sulfonamides is 1. The zero-order valence-electron chi connectivity index (χ0n) is 17.0. The molecule has 0 fully saturated rings. The van der Waals surface area contributed by atoms with E-state index in [0.717, 1.165) is 17.7 Å². The number of ether oxygens (including phenoxy) is 2. The first-order valence-electron chi connectivity index (χ1n) is 9.63. The van der Waals surface area contributed by atoms with Crippen molar-refractivity contribution in [3.63, 3.8) is 0 Å². The molecule has 0 saturated carbocycles. The fourth-order valence-electron chi connectivity index (χ4n) is 2.76. The lowest BCUT2D eigenvalue weighted by molar-refractivity contribution is 0.340. The van der Waals surface area contributed by atoms with Gasteiger partial charge < -0.3 is 9.47 Å². The third-order valence-corrected chi connectivity index (χ3v) is 5.82. The van der Waals surface area contributed by atoms with Crippen molar-refractivity contribution in [3.05, 3.63) is 72.2 Å². The summed E-state index contributed by atoms with van der Waals surface area (Å²) in [4.78, 5) is 8.41. The van der Waals surface area contributed by atoms with Gasteiger partial charge in [0.1, 0.15) is 24.4 Å². The van der Waals surface area contributed by atoms with Crippen molar-refractivity contribution < 1.29 is 17.9 Å². The lowest BCUT2D eigenvalue weighted by atomic mass is 10.1. The van der Waals surface area contributed by atoms with Crippen LogP contribution in [0.3, 0.4) is 0 Å². The molecule has 158 valence electrons. The van der Waals surface area contributed by atoms with Gasteiger partial charge in [0.15, 0.2) is 0 Å². The summed E-state index contributed by atoms with van der Waals surface area (Å²) in [5, 5.41) is 0. The molecule has 7 nitrogen and oxygen atoms in total. The molecule has 1 heterocycles. The molecule has 0 saturated heterocycles. The molecule has 0 atom stereocenters. The summed E-state index contributed by atoms with van der Waals surface area (Å²) in [6.45, 7) is 2.23. The summed E-state index contributed by atoms with van der Waals surface area (Å²) in [5.74, 6) is 1.27. The number of nitrogens with zero attached hydrogens (tertiary/aromatic N) is 2. The molecule has 3 aromatic rings. The molecule has 0 amide bonds. The van der Waals surface area contributed by atoms with Crippen molar-refractivity contribution in [2.75, 3.05) is 19.5 Å². The van der Waals surface area contributed by atoms with Crippen molar-refractivity contribution in [2.24, 2.45) is 0 Å². The largest absolute Gasteiger partial charge is 0.497 e. The molecule has 0 aliphatic rings. The van der Waals surface area contributed by atoms with Crippen LogP contribution < -0.4 is 14.2 Å². The summed E-state index contributed by atoms with van der Waals surface area (Å²) in [6.07, 6.45) is 2.37. The summed E-state index contributed by atoms with van der Waals surface area (Å²) in [6, 6.07) is 16.9. The first kappa shape index (κ1) is 21.7. The number of rotatable bonds is 10. The van der Waals surface area contributed by atoms with Gasteiger partial charge in [0.05, 0.1) is 30.8 Å². The van der Waals surface area contributed by atoms with Crippen LogP contribution >= 0.6 is 0 Å². The van der Waals surface area contributed by atoms with Crippen LogP contribution in [0.15, 0.2) is 60.9 Å². The van der Waals surface area contributed by atoms with Crippen LogP contribution in [0.4, 0.5) is 0 Å². The van der Waals surface area contributed by atoms with E-state index in [1.54, 1.807) is 13.2 Å². The third kappa shape index (κ3) is 6.27. The normalized spacial score (nSPS) is 11.3. The highest BCUT2D eigenvalue weighted by Gasteiger charge is 2.12. The maximum Gasteiger partial charge on any atom is 0.215 e. The highest BCUT2D eigenvalue weighted by Crippen LogP contribution is 2.20. The molecular weight excluding hydrogens is 402 g/mol. The minimum Gasteiger partial charge on any atom is -0.497 e. The van der Waals surface area contributed by atoms with Gasteiger partial charge in [0.25, 0.3) is 0 Å². The zero-order valence-corrected chi connectivity index (χ0v) is 17.9. The van der Waals surface area contributed by atoms with E-state index in [2.05, 4.69) is 21.6 Å². The molecule has 1 N–H and O–H groups in total. The van der Waals surface area contributed by atoms with Crippen LogP contribution in [0, 0.1) is 0 Å². The summed E-state index contributed by atoms with van der Waals surface area (Å²) >= 11 is 0. The van der Waals surface area contributed by atoms with Gasteiger partial charge in [-0.15, -0.1) is 0 Å². The second kappa shape index (κ2) is 10.2. The number of methoxy groups -OCH3 is 1. The van der Waals surface area contributed by atoms with Gasteiger partial charge in [-0.3, -0.25) is 0 Å². The Hall–Kier alpha value is -2.97. The van der Waals surface area contributed by atoms with Gasteiger partial charge in [0, 0.05) is 5.56 Å². The Kier molecular flexibility index (Phi) is 7.37. The Labute approximate surface area is 177 Å². The number of hydrogen-bond donors (Lipinski definition) is 1. The second-order valence-corrected chi connectivity index (χ2v) is 8.54. The quantitative estimate of drug-likeness (QED) is 0.534. The molecule has 0 radical (unpaired) electrons. The standard InChI is InChI=1S/C22H25N3O4S/c1-3-17-4-8-21(9-5-17)29-12-13-30(26,27)25-15-19-14-22(24-16-23-19)18-6-10-20(28-2)11-7-18/h4-11,14,16,25H,3,12-13,15H2,1-2H3. The molecular formula is C22H25N3O4S. The van der Waals surface area contributed by atoms with E-state index in [1.165, 1.54) is 11.9 Å². The Morgan fingerprint density at radius 3 is 2.33 bits per heavy atom. The highest BCUT2D eigenvalue weighted by molar-refractivity contribution is 7.89. The van der Waals surface area contributed by atoms with Crippen LogP contribution in [-0.4, -0.2) is 37.9 Å². The summed E-state index contributed by atoms with van der Waals surface area (Å²) in [5.41, 5.74) is 3.39. The average molecular weight is 428 g/mol. The minimum atomic E-state index is -3.50. The van der Waals surface area contributed by atoms with E-state index in [-0.39, 0.29) is 18.9 Å². The van der Waals surface area contributed by atoms with Gasteiger partial charge in [-0.25, -0.2) is 23.1 Å². The van der Waals surface area contributed by atoms with E-state index in [1.807, 2.05) is 48.5 Å². The van der Waals surface area contributed by atoms with Gasteiger partial charge in [-0.2, -0.15) is 0 Å². The van der Waals surface area contributed by atoms with E-state index in [0.29, 0.717) is 17.1 Å². The van der Waals surface area contributed by atoms with Crippen molar-refractivity contribution >= 4 is 10.0 Å². The molecule has 30 heavy (non-hydrogen) atoms. The van der Waals surface area contributed by atoms with Crippen LogP contribution in [0.25, 0.3) is 11.3 Å². The van der Waals surface area contributed by atoms with Gasteiger partial charge in [-0.05, 0) is 54.4 Å². The Morgan fingerprint density at radius 2 is 1.67 bits per heavy atom. The van der Waals surface area contributed by atoms with Crippen LogP contribution in [0.5, 0.6) is 11.5 Å². The maximum absolute atomic E-state index is 12.3. The topological polar surface area (TPSA) is 90.4 Å². The molecule has 8 heteroatoms. The van der Waals surface area contributed by atoms with Crippen molar-refractivity contribution in [2.45, 2.75) is 19.9 Å². The first-order chi connectivity index (χ1) is 14.5. The molecule has 3 rings (SSSR count). The molecule has 0 unspecified atom stereocenters. The van der Waals surface area contributed by atoms with Gasteiger partial charge in [-0.1, -0.05) is 19.1 Å².